The van der Waals surface area contributed by atoms with Gasteiger partial charge in [-0.05, 0) is 48.6 Å². The number of methoxy groups -OCH3 is 2. The Bertz CT molecular complexity index is 1600. The van der Waals surface area contributed by atoms with Crippen LogP contribution in [0.25, 0.3) is 11.3 Å². The van der Waals surface area contributed by atoms with Gasteiger partial charge in [-0.1, -0.05) is 26.5 Å². The van der Waals surface area contributed by atoms with Gasteiger partial charge in [0, 0.05) is 55.3 Å². The van der Waals surface area contributed by atoms with Crippen LogP contribution in [0.3, 0.4) is 0 Å². The van der Waals surface area contributed by atoms with E-state index in [2.05, 4.69) is 11.6 Å². The number of aromatic nitrogens is 1. The molecule has 1 aliphatic carbocycles. The Hall–Kier alpha value is -4.24. The Kier molecular flexibility index (Phi) is 7.57. The third-order valence-electron chi connectivity index (χ3n) is 8.30. The predicted octanol–water partition coefficient (Wildman–Crippen LogP) is 5.48. The van der Waals surface area contributed by atoms with Gasteiger partial charge in [0.05, 0.1) is 30.9 Å². The van der Waals surface area contributed by atoms with E-state index >= 15 is 0 Å². The lowest BCUT2D eigenvalue weighted by molar-refractivity contribution is -0.127. The van der Waals surface area contributed by atoms with E-state index in [0.29, 0.717) is 88.9 Å². The highest BCUT2D eigenvalue weighted by atomic mass is 16.5. The van der Waals surface area contributed by atoms with Gasteiger partial charge in [0.15, 0.2) is 11.5 Å². The molecule has 5 rings (SSSR count). The van der Waals surface area contributed by atoms with Crippen LogP contribution in [-0.2, 0) is 19.1 Å². The topological polar surface area (TPSA) is 115 Å². The lowest BCUT2D eigenvalue weighted by atomic mass is 9.68. The van der Waals surface area contributed by atoms with Gasteiger partial charge in [0.1, 0.15) is 17.3 Å². The highest BCUT2D eigenvalue weighted by molar-refractivity contribution is 6.06. The van der Waals surface area contributed by atoms with Gasteiger partial charge in [-0.2, -0.15) is 0 Å². The number of amides is 1. The van der Waals surface area contributed by atoms with E-state index < -0.39 is 11.9 Å². The second-order valence-electron chi connectivity index (χ2n) is 11.9. The van der Waals surface area contributed by atoms with Gasteiger partial charge < -0.3 is 24.2 Å². The first kappa shape index (κ1) is 29.3. The average Bonchev–Trinajstić information content (AvgIpc) is 2.91. The molecule has 220 valence electrons. The number of pyridine rings is 1. The maximum absolute atomic E-state index is 14.2. The van der Waals surface area contributed by atoms with Crippen LogP contribution < -0.4 is 4.74 Å². The number of rotatable bonds is 7. The Balaban J connectivity index is 1.77. The highest BCUT2D eigenvalue weighted by Gasteiger charge is 2.48. The average molecular weight is 573 g/mol. The van der Waals surface area contributed by atoms with Gasteiger partial charge in [0.25, 0.3) is 5.91 Å². The number of nitrogens with zero attached hydrogens (tertiary/aromatic N) is 2. The molecule has 1 N–H and O–H groups in total. The molecule has 0 saturated carbocycles. The number of allylic oxidation sites excluding steroid dienone is 2. The second kappa shape index (κ2) is 10.9. The molecule has 1 atom stereocenters. The molecule has 0 radical (unpaired) electrons. The predicted molar refractivity (Wildman–Crippen MR) is 156 cm³/mol. The van der Waals surface area contributed by atoms with Crippen molar-refractivity contribution < 1.29 is 33.7 Å². The molecule has 2 aromatic rings. The molecule has 42 heavy (non-hydrogen) atoms. The number of aryl methyl sites for hydroxylation is 1. The van der Waals surface area contributed by atoms with Crippen molar-refractivity contribution in [2.45, 2.75) is 52.9 Å². The van der Waals surface area contributed by atoms with E-state index in [1.54, 1.807) is 44.2 Å². The number of benzene rings is 1. The summed E-state index contributed by atoms with van der Waals surface area (Å²) in [5.74, 6) is -0.675. The van der Waals surface area contributed by atoms with Crippen LogP contribution >= 0.6 is 0 Å². The molecule has 1 aromatic carbocycles. The quantitative estimate of drug-likeness (QED) is 0.464. The van der Waals surface area contributed by atoms with Gasteiger partial charge in [0.2, 0.25) is 0 Å². The van der Waals surface area contributed by atoms with Crippen LogP contribution in [0.1, 0.15) is 66.2 Å². The largest absolute Gasteiger partial charge is 0.496 e. The summed E-state index contributed by atoms with van der Waals surface area (Å²) in [7, 11) is 3.12. The van der Waals surface area contributed by atoms with Gasteiger partial charge in [-0.15, -0.1) is 0 Å². The van der Waals surface area contributed by atoms with Gasteiger partial charge >= 0.3 is 5.97 Å². The molecule has 1 aromatic heterocycles. The Morgan fingerprint density at radius 3 is 2.52 bits per heavy atom. The molecule has 9 nitrogen and oxygen atoms in total. The third-order valence-corrected chi connectivity index (χ3v) is 8.30. The van der Waals surface area contributed by atoms with Crippen LogP contribution in [-0.4, -0.2) is 60.0 Å². The third kappa shape index (κ3) is 4.91. The Labute approximate surface area is 245 Å². The summed E-state index contributed by atoms with van der Waals surface area (Å²) in [5.41, 5.74) is 4.17. The molecule has 0 bridgehead atoms. The number of ether oxygens (including phenoxy) is 3. The fourth-order valence-corrected chi connectivity index (χ4v) is 6.29. The first-order chi connectivity index (χ1) is 19.9. The minimum atomic E-state index is -1.12. The molecule has 3 aliphatic rings. The van der Waals surface area contributed by atoms with E-state index in [4.69, 9.17) is 14.2 Å². The fourth-order valence-electron chi connectivity index (χ4n) is 6.29. The number of carboxylic acid groups (broad SMARTS) is 1. The van der Waals surface area contributed by atoms with Crippen LogP contribution in [0.15, 0.2) is 59.2 Å². The van der Waals surface area contributed by atoms with Crippen LogP contribution in [0.5, 0.6) is 5.75 Å². The van der Waals surface area contributed by atoms with Crippen LogP contribution in [0.2, 0.25) is 0 Å². The molecule has 0 saturated heterocycles. The minimum absolute atomic E-state index is 0.0373. The number of Topliss-reactive ketones (excluding diaryl/α,β-unsaturated/α-hetero) is 1. The summed E-state index contributed by atoms with van der Waals surface area (Å²) in [6.45, 7) is 12.4. The summed E-state index contributed by atoms with van der Waals surface area (Å²) in [4.78, 5) is 46.0. The zero-order chi connectivity index (χ0) is 30.5. The van der Waals surface area contributed by atoms with Crippen LogP contribution in [0.4, 0.5) is 0 Å². The molecule has 0 spiro atoms. The summed E-state index contributed by atoms with van der Waals surface area (Å²) in [6, 6.07) is 7.10. The lowest BCUT2D eigenvalue weighted by Gasteiger charge is -2.43. The summed E-state index contributed by atoms with van der Waals surface area (Å²) >= 11 is 0. The van der Waals surface area contributed by atoms with Crippen molar-refractivity contribution >= 4 is 17.7 Å². The molecular weight excluding hydrogens is 536 g/mol. The lowest BCUT2D eigenvalue weighted by Crippen LogP contribution is -2.43. The number of carboxylic acids is 1. The van der Waals surface area contributed by atoms with Gasteiger partial charge in [-0.25, -0.2) is 9.78 Å². The normalized spacial score (nSPS) is 19.9. The Morgan fingerprint density at radius 1 is 1.12 bits per heavy atom. The summed E-state index contributed by atoms with van der Waals surface area (Å²) in [6.07, 6.45) is 1.16. The second-order valence-corrected chi connectivity index (χ2v) is 11.9. The fraction of sp³-hybridized carbons (Fsp3) is 0.394. The SMILES string of the molecule is C=C1CC2=C(C(=O)N1CCOC)C(c1c(OC)ccc(-c3ccc(C)c(C(=O)O)n3)c1C)C1=C(CC(C)(C)CC1=O)O2. The molecule has 1 unspecified atom stereocenters. The first-order valence-electron chi connectivity index (χ1n) is 13.9. The van der Waals surface area contributed by atoms with Crippen molar-refractivity contribution in [1.29, 1.82) is 0 Å². The van der Waals surface area contributed by atoms with E-state index in [0.717, 1.165) is 5.56 Å². The number of hydrogen-bond donors (Lipinski definition) is 1. The maximum Gasteiger partial charge on any atom is 0.354 e. The zero-order valence-electron chi connectivity index (χ0n) is 24.9. The van der Waals surface area contributed by atoms with E-state index in [-0.39, 0.29) is 22.8 Å². The van der Waals surface area contributed by atoms with Crippen LogP contribution in [0, 0.1) is 19.3 Å². The van der Waals surface area contributed by atoms with Crippen molar-refractivity contribution in [1.82, 2.24) is 9.88 Å². The molecule has 0 fully saturated rings. The van der Waals surface area contributed by atoms with E-state index in [9.17, 15) is 19.5 Å². The number of aromatic carboxylic acids is 1. The number of carbonyl (C=O) groups is 3. The number of ketones is 1. The van der Waals surface area contributed by atoms with Crippen molar-refractivity contribution in [2.75, 3.05) is 27.4 Å². The standard InChI is InChI=1S/C33H36N2O7/c1-17-8-10-21(34-30(17)32(38)39)20-9-11-23(41-7)26(19(20)3)29-27-22(36)15-33(4,5)16-25(27)42-24-14-18(2)35(12-13-40-6)31(37)28(24)29/h8-11,29H,2,12-16H2,1,3-7H3,(H,38,39). The minimum Gasteiger partial charge on any atom is -0.496 e. The van der Waals surface area contributed by atoms with Crippen molar-refractivity contribution in [2.24, 2.45) is 5.41 Å². The monoisotopic (exact) mass is 572 g/mol. The highest BCUT2D eigenvalue weighted by Crippen LogP contribution is 2.54. The number of hydrogen-bond acceptors (Lipinski definition) is 7. The molecular formula is C33H36N2O7. The summed E-state index contributed by atoms with van der Waals surface area (Å²) < 4.78 is 17.5. The van der Waals surface area contributed by atoms with E-state index in [1.807, 2.05) is 26.8 Å². The molecule has 2 aliphatic heterocycles. The molecule has 3 heterocycles. The molecule has 1 amide bonds. The maximum atomic E-state index is 14.2. The van der Waals surface area contributed by atoms with Crippen molar-refractivity contribution in [3.8, 4) is 17.0 Å². The number of carbonyl (C=O) groups excluding carboxylic acids is 2. The van der Waals surface area contributed by atoms with E-state index in [1.165, 1.54) is 0 Å². The first-order valence-corrected chi connectivity index (χ1v) is 13.9. The summed E-state index contributed by atoms with van der Waals surface area (Å²) in [5, 5.41) is 9.71. The molecule has 9 heteroatoms. The smallest absolute Gasteiger partial charge is 0.354 e. The van der Waals surface area contributed by atoms with Crippen molar-refractivity contribution in [3.63, 3.8) is 0 Å². The van der Waals surface area contributed by atoms with Crippen molar-refractivity contribution in [3.05, 3.63) is 81.6 Å². The zero-order valence-corrected chi connectivity index (χ0v) is 24.9. The van der Waals surface area contributed by atoms with Gasteiger partial charge in [-0.3, -0.25) is 9.59 Å². The Morgan fingerprint density at radius 2 is 1.86 bits per heavy atom.